The highest BCUT2D eigenvalue weighted by Crippen LogP contribution is 2.28. The first-order valence-corrected chi connectivity index (χ1v) is 12.8. The molecule has 0 aliphatic carbocycles. The summed E-state index contributed by atoms with van der Waals surface area (Å²) in [5.41, 5.74) is 1.41. The number of sulfonamides is 1. The third kappa shape index (κ3) is 6.58. The summed E-state index contributed by atoms with van der Waals surface area (Å²) in [6, 6.07) is 22.1. The minimum atomic E-state index is -4.30. The number of hydrogen-bond acceptors (Lipinski definition) is 5. The van der Waals surface area contributed by atoms with E-state index in [9.17, 15) is 26.4 Å². The van der Waals surface area contributed by atoms with E-state index in [4.69, 9.17) is 9.47 Å². The standard InChI is InChI=1S/C29H20F3NO5S/c1-37-27-17-23(15-16-38-29(34)22-9-7-20(8-10-22)19-5-3-2-4-6-19)26(18-25(27)30)33-39(35,36)24-13-11-21(12-14-24)28(31)32/h2-14,17-18,28,33H,1H3. The van der Waals surface area contributed by atoms with E-state index in [1.807, 2.05) is 30.3 Å². The van der Waals surface area contributed by atoms with Gasteiger partial charge in [-0.1, -0.05) is 54.6 Å². The van der Waals surface area contributed by atoms with Gasteiger partial charge in [-0.2, -0.15) is 0 Å². The SMILES string of the molecule is COc1cc(C#COC(=O)c2ccc(-c3ccccc3)cc2)c(NS(=O)(=O)c2ccc(C(F)F)cc2)cc1F. The lowest BCUT2D eigenvalue weighted by Gasteiger charge is -2.12. The van der Waals surface area contributed by atoms with Gasteiger partial charge < -0.3 is 9.47 Å². The zero-order chi connectivity index (χ0) is 28.0. The van der Waals surface area contributed by atoms with Crippen molar-refractivity contribution in [3.05, 3.63) is 114 Å². The van der Waals surface area contributed by atoms with Gasteiger partial charge in [0.2, 0.25) is 0 Å². The van der Waals surface area contributed by atoms with Crippen molar-refractivity contribution in [3.8, 4) is 28.9 Å². The zero-order valence-electron chi connectivity index (χ0n) is 20.3. The Morgan fingerprint density at radius 1 is 0.897 bits per heavy atom. The van der Waals surface area contributed by atoms with Crippen molar-refractivity contribution in [2.24, 2.45) is 0 Å². The van der Waals surface area contributed by atoms with E-state index in [1.165, 1.54) is 7.11 Å². The van der Waals surface area contributed by atoms with Gasteiger partial charge in [-0.25, -0.2) is 26.4 Å². The van der Waals surface area contributed by atoms with Gasteiger partial charge in [0.15, 0.2) is 11.6 Å². The molecule has 0 aromatic heterocycles. The number of halogens is 3. The highest BCUT2D eigenvalue weighted by molar-refractivity contribution is 7.92. The van der Waals surface area contributed by atoms with Gasteiger partial charge in [-0.05, 0) is 41.3 Å². The molecule has 0 bridgehead atoms. The molecule has 6 nitrogen and oxygen atoms in total. The van der Waals surface area contributed by atoms with E-state index in [0.717, 1.165) is 47.5 Å². The van der Waals surface area contributed by atoms with Gasteiger partial charge in [0.1, 0.15) is 6.11 Å². The van der Waals surface area contributed by atoms with Crippen LogP contribution in [0.5, 0.6) is 5.75 Å². The van der Waals surface area contributed by atoms with Crippen LogP contribution in [-0.4, -0.2) is 21.5 Å². The van der Waals surface area contributed by atoms with Crippen LogP contribution in [0, 0.1) is 17.8 Å². The van der Waals surface area contributed by atoms with Gasteiger partial charge in [-0.15, -0.1) is 0 Å². The second kappa shape index (κ2) is 11.8. The van der Waals surface area contributed by atoms with Crippen molar-refractivity contribution < 1.29 is 35.9 Å². The fourth-order valence-corrected chi connectivity index (χ4v) is 4.58. The molecule has 0 atom stereocenters. The predicted molar refractivity (Wildman–Crippen MR) is 139 cm³/mol. The van der Waals surface area contributed by atoms with Crippen molar-refractivity contribution in [2.75, 3.05) is 11.8 Å². The minimum absolute atomic E-state index is 0.0618. The third-order valence-corrected chi connectivity index (χ3v) is 6.92. The summed E-state index contributed by atoms with van der Waals surface area (Å²) in [4.78, 5) is 12.1. The fraction of sp³-hybridized carbons (Fsp3) is 0.0690. The van der Waals surface area contributed by atoms with E-state index in [2.05, 4.69) is 16.7 Å². The predicted octanol–water partition coefficient (Wildman–Crippen LogP) is 6.41. The molecule has 0 aliphatic rings. The summed E-state index contributed by atoms with van der Waals surface area (Å²) in [6.07, 6.45) is -0.560. The summed E-state index contributed by atoms with van der Waals surface area (Å²) < 4.78 is 77.8. The molecule has 4 rings (SSSR count). The largest absolute Gasteiger partial charge is 0.494 e. The first kappa shape index (κ1) is 27.3. The normalized spacial score (nSPS) is 10.9. The Morgan fingerprint density at radius 2 is 1.54 bits per heavy atom. The molecule has 4 aromatic carbocycles. The van der Waals surface area contributed by atoms with Gasteiger partial charge >= 0.3 is 5.97 Å². The van der Waals surface area contributed by atoms with Crippen molar-refractivity contribution in [1.82, 2.24) is 0 Å². The number of carbonyl (C=O) groups excluding carboxylic acids is 1. The number of alkyl halides is 2. The molecular weight excluding hydrogens is 531 g/mol. The van der Waals surface area contributed by atoms with Gasteiger partial charge in [0.05, 0.1) is 28.8 Å². The molecule has 0 saturated heterocycles. The first-order valence-electron chi connectivity index (χ1n) is 11.3. The smallest absolute Gasteiger partial charge is 0.352 e. The molecule has 0 fully saturated rings. The topological polar surface area (TPSA) is 81.7 Å². The average Bonchev–Trinajstić information content (AvgIpc) is 2.94. The number of esters is 1. The second-order valence-electron chi connectivity index (χ2n) is 8.07. The van der Waals surface area contributed by atoms with Crippen molar-refractivity contribution in [3.63, 3.8) is 0 Å². The maximum Gasteiger partial charge on any atom is 0.352 e. The molecule has 0 spiro atoms. The van der Waals surface area contributed by atoms with Crippen LogP contribution in [0.1, 0.15) is 27.9 Å². The summed E-state index contributed by atoms with van der Waals surface area (Å²) >= 11 is 0. The van der Waals surface area contributed by atoms with E-state index < -0.39 is 28.2 Å². The number of benzene rings is 4. The number of carbonyl (C=O) groups is 1. The van der Waals surface area contributed by atoms with E-state index >= 15 is 0 Å². The molecule has 0 radical (unpaired) electrons. The Balaban J connectivity index is 1.55. The van der Waals surface area contributed by atoms with Crippen molar-refractivity contribution >= 4 is 21.7 Å². The zero-order valence-corrected chi connectivity index (χ0v) is 21.1. The third-order valence-electron chi connectivity index (χ3n) is 5.54. The van der Waals surface area contributed by atoms with Gasteiger partial charge in [0, 0.05) is 17.7 Å². The number of nitrogens with one attached hydrogen (secondary N) is 1. The molecule has 0 aliphatic heterocycles. The summed E-state index contributed by atoms with van der Waals surface area (Å²) in [5.74, 6) is 0.618. The highest BCUT2D eigenvalue weighted by Gasteiger charge is 2.19. The Bertz CT molecular complexity index is 1650. The summed E-state index contributed by atoms with van der Waals surface area (Å²) in [6.45, 7) is 0. The van der Waals surface area contributed by atoms with Crippen molar-refractivity contribution in [2.45, 2.75) is 11.3 Å². The lowest BCUT2D eigenvalue weighted by molar-refractivity contribution is 0.0690. The van der Waals surface area contributed by atoms with Crippen molar-refractivity contribution in [1.29, 1.82) is 0 Å². The number of ether oxygens (including phenoxy) is 2. The quantitative estimate of drug-likeness (QED) is 0.212. The lowest BCUT2D eigenvalue weighted by atomic mass is 10.0. The number of hydrogen-bond donors (Lipinski definition) is 1. The Kier molecular flexibility index (Phi) is 8.22. The van der Waals surface area contributed by atoms with Crippen LogP contribution in [0.15, 0.2) is 95.9 Å². The van der Waals surface area contributed by atoms with E-state index in [1.54, 1.807) is 24.3 Å². The monoisotopic (exact) mass is 551 g/mol. The average molecular weight is 552 g/mol. The molecule has 1 N–H and O–H groups in total. The number of anilines is 1. The van der Waals surface area contributed by atoms with Gasteiger partial charge in [0.25, 0.3) is 16.4 Å². The second-order valence-corrected chi connectivity index (χ2v) is 9.75. The maximum absolute atomic E-state index is 14.4. The van der Waals surface area contributed by atoms with Crippen LogP contribution in [-0.2, 0) is 14.8 Å². The Labute approximate surface area is 223 Å². The van der Waals surface area contributed by atoms with Crippen LogP contribution >= 0.6 is 0 Å². The molecular formula is C29H20F3NO5S. The summed E-state index contributed by atoms with van der Waals surface area (Å²) in [5, 5.41) is 0. The molecule has 10 heteroatoms. The molecule has 0 amide bonds. The highest BCUT2D eigenvalue weighted by atomic mass is 32.2. The molecule has 4 aromatic rings. The first-order chi connectivity index (χ1) is 18.7. The van der Waals surface area contributed by atoms with E-state index in [-0.39, 0.29) is 33.0 Å². The van der Waals surface area contributed by atoms with E-state index in [0.29, 0.717) is 0 Å². The fourth-order valence-electron chi connectivity index (χ4n) is 3.51. The minimum Gasteiger partial charge on any atom is -0.494 e. The van der Waals surface area contributed by atoms with Crippen LogP contribution in [0.25, 0.3) is 11.1 Å². The van der Waals surface area contributed by atoms with Gasteiger partial charge in [-0.3, -0.25) is 4.72 Å². The molecule has 39 heavy (non-hydrogen) atoms. The van der Waals surface area contributed by atoms with Crippen LogP contribution in [0.2, 0.25) is 0 Å². The van der Waals surface area contributed by atoms with Crippen LogP contribution in [0.3, 0.4) is 0 Å². The molecule has 0 heterocycles. The molecule has 198 valence electrons. The Morgan fingerprint density at radius 3 is 2.15 bits per heavy atom. The Hall–Kier alpha value is -4.75. The number of rotatable bonds is 7. The van der Waals surface area contributed by atoms with Crippen LogP contribution in [0.4, 0.5) is 18.9 Å². The molecule has 0 unspecified atom stereocenters. The van der Waals surface area contributed by atoms with Crippen LogP contribution < -0.4 is 9.46 Å². The summed E-state index contributed by atoms with van der Waals surface area (Å²) in [7, 11) is -3.09. The maximum atomic E-state index is 14.4. The molecule has 0 saturated carbocycles. The number of methoxy groups -OCH3 is 1. The lowest BCUT2D eigenvalue weighted by Crippen LogP contribution is -2.14.